The highest BCUT2D eigenvalue weighted by molar-refractivity contribution is 14.1. The van der Waals surface area contributed by atoms with E-state index in [9.17, 15) is 4.79 Å². The van der Waals surface area contributed by atoms with Gasteiger partial charge in [0.05, 0.1) is 6.61 Å². The molecule has 0 rings (SSSR count). The summed E-state index contributed by atoms with van der Waals surface area (Å²) in [6.45, 7) is 5.19. The molecule has 1 unspecified atom stereocenters. The molecule has 0 saturated heterocycles. The standard InChI is InChI=1S/C9H18INO3/c1-7(2)6-14-9(12)8(13-3)4-5-11-10/h7-8,11H,4-6H2,1-3H3. The van der Waals surface area contributed by atoms with Crippen LogP contribution in [0.4, 0.5) is 0 Å². The zero-order chi connectivity index (χ0) is 11.0. The number of hydrogen-bond donors (Lipinski definition) is 1. The van der Waals surface area contributed by atoms with Crippen LogP contribution in [0.2, 0.25) is 0 Å². The van der Waals surface area contributed by atoms with Crippen molar-refractivity contribution in [1.82, 2.24) is 3.53 Å². The monoisotopic (exact) mass is 315 g/mol. The first-order valence-electron chi connectivity index (χ1n) is 4.64. The maximum absolute atomic E-state index is 11.4. The van der Waals surface area contributed by atoms with Gasteiger partial charge in [0.2, 0.25) is 0 Å². The van der Waals surface area contributed by atoms with E-state index in [2.05, 4.69) is 3.53 Å². The van der Waals surface area contributed by atoms with Gasteiger partial charge in [-0.25, -0.2) is 4.79 Å². The number of carbonyl (C=O) groups excluding carboxylic acids is 1. The van der Waals surface area contributed by atoms with Crippen molar-refractivity contribution in [3.8, 4) is 0 Å². The second-order valence-electron chi connectivity index (χ2n) is 3.42. The first-order valence-corrected chi connectivity index (χ1v) is 5.72. The molecule has 84 valence electrons. The van der Waals surface area contributed by atoms with Gasteiger partial charge in [0, 0.05) is 36.5 Å². The summed E-state index contributed by atoms with van der Waals surface area (Å²) in [7, 11) is 1.52. The van der Waals surface area contributed by atoms with Crippen LogP contribution in [0.15, 0.2) is 0 Å². The van der Waals surface area contributed by atoms with Crippen LogP contribution < -0.4 is 3.53 Å². The lowest BCUT2D eigenvalue weighted by Crippen LogP contribution is -2.29. The van der Waals surface area contributed by atoms with Gasteiger partial charge in [0.15, 0.2) is 6.10 Å². The fraction of sp³-hybridized carbons (Fsp3) is 0.889. The van der Waals surface area contributed by atoms with Crippen molar-refractivity contribution in [2.45, 2.75) is 26.4 Å². The molecule has 0 radical (unpaired) electrons. The third-order valence-corrected chi connectivity index (χ3v) is 2.15. The molecule has 1 N–H and O–H groups in total. The molecule has 0 fully saturated rings. The molecule has 0 aromatic carbocycles. The van der Waals surface area contributed by atoms with Gasteiger partial charge in [0.25, 0.3) is 0 Å². The van der Waals surface area contributed by atoms with Crippen molar-refractivity contribution < 1.29 is 14.3 Å². The van der Waals surface area contributed by atoms with Gasteiger partial charge < -0.3 is 9.47 Å². The average molecular weight is 315 g/mol. The zero-order valence-electron chi connectivity index (χ0n) is 8.88. The summed E-state index contributed by atoms with van der Waals surface area (Å²) in [5, 5.41) is 0. The third-order valence-electron chi connectivity index (χ3n) is 1.61. The Bertz CT molecular complexity index is 164. The van der Waals surface area contributed by atoms with Crippen LogP contribution in [0.3, 0.4) is 0 Å². The predicted molar refractivity (Wildman–Crippen MR) is 63.2 cm³/mol. The van der Waals surface area contributed by atoms with Gasteiger partial charge in [-0.2, -0.15) is 0 Å². The van der Waals surface area contributed by atoms with Crippen LogP contribution >= 0.6 is 22.9 Å². The summed E-state index contributed by atoms with van der Waals surface area (Å²) in [4.78, 5) is 11.4. The fourth-order valence-electron chi connectivity index (χ4n) is 0.859. The highest BCUT2D eigenvalue weighted by atomic mass is 127. The minimum absolute atomic E-state index is 0.271. The molecule has 0 aromatic heterocycles. The topological polar surface area (TPSA) is 47.6 Å². The molecule has 0 aliphatic heterocycles. The number of rotatable bonds is 7. The molecule has 0 aromatic rings. The number of carbonyl (C=O) groups is 1. The van der Waals surface area contributed by atoms with E-state index in [1.807, 2.05) is 36.7 Å². The smallest absolute Gasteiger partial charge is 0.335 e. The number of nitrogens with one attached hydrogen (secondary N) is 1. The average Bonchev–Trinajstić information content (AvgIpc) is 2.16. The molecule has 0 heterocycles. The SMILES string of the molecule is COC(CCNI)C(=O)OCC(C)C. The number of esters is 1. The molecule has 0 saturated carbocycles. The molecule has 14 heavy (non-hydrogen) atoms. The maximum atomic E-state index is 11.4. The molecular weight excluding hydrogens is 297 g/mol. The fourth-order valence-corrected chi connectivity index (χ4v) is 1.17. The minimum atomic E-state index is -0.448. The molecule has 0 bridgehead atoms. The molecule has 0 spiro atoms. The number of halogens is 1. The lowest BCUT2D eigenvalue weighted by molar-refractivity contribution is -0.156. The van der Waals surface area contributed by atoms with E-state index < -0.39 is 6.10 Å². The van der Waals surface area contributed by atoms with Crippen molar-refractivity contribution >= 4 is 28.8 Å². The molecule has 0 aliphatic rings. The van der Waals surface area contributed by atoms with Crippen LogP contribution in [0.5, 0.6) is 0 Å². The normalized spacial score (nSPS) is 12.9. The summed E-state index contributed by atoms with van der Waals surface area (Å²) in [6.07, 6.45) is 0.187. The van der Waals surface area contributed by atoms with E-state index in [0.717, 1.165) is 6.54 Å². The Morgan fingerprint density at radius 1 is 1.50 bits per heavy atom. The first kappa shape index (κ1) is 14.1. The Labute approximate surface area is 99.2 Å². The van der Waals surface area contributed by atoms with Crippen molar-refractivity contribution in [3.63, 3.8) is 0 Å². The summed E-state index contributed by atoms with van der Waals surface area (Å²) in [6, 6.07) is 0. The Kier molecular flexibility index (Phi) is 8.50. The Morgan fingerprint density at radius 2 is 2.14 bits per heavy atom. The van der Waals surface area contributed by atoms with Gasteiger partial charge in [-0.15, -0.1) is 0 Å². The van der Waals surface area contributed by atoms with E-state index in [-0.39, 0.29) is 5.97 Å². The van der Waals surface area contributed by atoms with Crippen LogP contribution in [0, 0.1) is 5.92 Å². The van der Waals surface area contributed by atoms with E-state index >= 15 is 0 Å². The van der Waals surface area contributed by atoms with E-state index in [1.54, 1.807) is 0 Å². The summed E-state index contributed by atoms with van der Waals surface area (Å²) in [5.74, 6) is 0.0898. The van der Waals surface area contributed by atoms with Crippen LogP contribution in [-0.2, 0) is 14.3 Å². The second-order valence-corrected chi connectivity index (χ2v) is 4.18. The number of hydrogen-bond acceptors (Lipinski definition) is 4. The zero-order valence-corrected chi connectivity index (χ0v) is 11.0. The lowest BCUT2D eigenvalue weighted by atomic mass is 10.2. The van der Waals surface area contributed by atoms with Gasteiger partial charge in [0.1, 0.15) is 0 Å². The molecule has 1 atom stereocenters. The van der Waals surface area contributed by atoms with E-state index in [4.69, 9.17) is 9.47 Å². The highest BCUT2D eigenvalue weighted by Crippen LogP contribution is 2.02. The van der Waals surface area contributed by atoms with Gasteiger partial charge in [-0.05, 0) is 12.3 Å². The van der Waals surface area contributed by atoms with Gasteiger partial charge in [-0.1, -0.05) is 13.8 Å². The quantitative estimate of drug-likeness (QED) is 0.440. The van der Waals surface area contributed by atoms with Crippen LogP contribution in [0.25, 0.3) is 0 Å². The second kappa shape index (κ2) is 8.43. The Balaban J connectivity index is 3.79. The minimum Gasteiger partial charge on any atom is -0.463 e. The Morgan fingerprint density at radius 3 is 2.57 bits per heavy atom. The third kappa shape index (κ3) is 6.56. The molecular formula is C9H18INO3. The lowest BCUT2D eigenvalue weighted by Gasteiger charge is -2.14. The molecule has 0 aliphatic carbocycles. The van der Waals surface area contributed by atoms with Gasteiger partial charge >= 0.3 is 5.97 Å². The van der Waals surface area contributed by atoms with Crippen LogP contribution in [0.1, 0.15) is 20.3 Å². The van der Waals surface area contributed by atoms with Crippen molar-refractivity contribution in [2.75, 3.05) is 20.3 Å². The predicted octanol–water partition coefficient (Wildman–Crippen LogP) is 1.53. The first-order chi connectivity index (χ1) is 6.61. The summed E-state index contributed by atoms with van der Waals surface area (Å²) >= 11 is 2.03. The summed E-state index contributed by atoms with van der Waals surface area (Å²) in [5.41, 5.74) is 0. The number of methoxy groups -OCH3 is 1. The van der Waals surface area contributed by atoms with Crippen molar-refractivity contribution in [1.29, 1.82) is 0 Å². The number of ether oxygens (including phenoxy) is 2. The maximum Gasteiger partial charge on any atom is 0.335 e. The van der Waals surface area contributed by atoms with Gasteiger partial charge in [-0.3, -0.25) is 3.53 Å². The molecule has 5 heteroatoms. The van der Waals surface area contributed by atoms with Crippen molar-refractivity contribution in [2.24, 2.45) is 5.92 Å². The largest absolute Gasteiger partial charge is 0.463 e. The molecule has 0 amide bonds. The van der Waals surface area contributed by atoms with Crippen LogP contribution in [-0.4, -0.2) is 32.3 Å². The Hall–Kier alpha value is 0.120. The van der Waals surface area contributed by atoms with E-state index in [1.165, 1.54) is 7.11 Å². The van der Waals surface area contributed by atoms with Crippen molar-refractivity contribution in [3.05, 3.63) is 0 Å². The highest BCUT2D eigenvalue weighted by Gasteiger charge is 2.18. The van der Waals surface area contributed by atoms with E-state index in [0.29, 0.717) is 18.9 Å². The molecule has 4 nitrogen and oxygen atoms in total. The summed E-state index contributed by atoms with van der Waals surface area (Å²) < 4.78 is 13.0.